The molecule has 0 spiro atoms. The maximum absolute atomic E-state index is 5.83. The first-order valence-electron chi connectivity index (χ1n) is 4.14. The van der Waals surface area contributed by atoms with Gasteiger partial charge < -0.3 is 5.32 Å². The Morgan fingerprint density at radius 3 is 2.57 bits per heavy atom. The van der Waals surface area contributed by atoms with Crippen molar-refractivity contribution in [1.82, 2.24) is 9.97 Å². The van der Waals surface area contributed by atoms with E-state index in [2.05, 4.69) is 15.3 Å². The Hall–Kier alpha value is -1.61. The summed E-state index contributed by atoms with van der Waals surface area (Å²) in [4.78, 5) is 8.08. The standard InChI is InChI=1S/C10H8ClN3/c11-8-3-1-4-9(7-8)14-10-12-5-2-6-13-10/h1-7H,(H,12,13,14). The van der Waals surface area contributed by atoms with Crippen LogP contribution >= 0.6 is 11.6 Å². The summed E-state index contributed by atoms with van der Waals surface area (Å²) in [6.07, 6.45) is 3.36. The number of nitrogens with one attached hydrogen (secondary N) is 1. The zero-order chi connectivity index (χ0) is 9.80. The molecule has 0 saturated carbocycles. The number of hydrogen-bond donors (Lipinski definition) is 1. The second-order valence-corrected chi connectivity index (χ2v) is 3.14. The van der Waals surface area contributed by atoms with Crippen molar-refractivity contribution < 1.29 is 0 Å². The number of halogens is 1. The summed E-state index contributed by atoms with van der Waals surface area (Å²) in [5, 5.41) is 3.72. The summed E-state index contributed by atoms with van der Waals surface area (Å²) in [6, 6.07) is 9.18. The number of nitrogens with zero attached hydrogens (tertiary/aromatic N) is 2. The van der Waals surface area contributed by atoms with Gasteiger partial charge in [0.25, 0.3) is 0 Å². The van der Waals surface area contributed by atoms with Crippen LogP contribution < -0.4 is 5.32 Å². The van der Waals surface area contributed by atoms with Crippen molar-refractivity contribution in [2.45, 2.75) is 0 Å². The molecule has 0 amide bonds. The average molecular weight is 206 g/mol. The van der Waals surface area contributed by atoms with Gasteiger partial charge in [-0.05, 0) is 24.3 Å². The molecule has 0 bridgehead atoms. The largest absolute Gasteiger partial charge is 0.324 e. The van der Waals surface area contributed by atoms with Crippen LogP contribution in [-0.2, 0) is 0 Å². The Kier molecular flexibility index (Phi) is 2.60. The van der Waals surface area contributed by atoms with Crippen LogP contribution in [0.25, 0.3) is 0 Å². The van der Waals surface area contributed by atoms with Gasteiger partial charge in [-0.25, -0.2) is 9.97 Å². The lowest BCUT2D eigenvalue weighted by Gasteiger charge is -2.03. The van der Waals surface area contributed by atoms with Crippen molar-refractivity contribution in [3.63, 3.8) is 0 Å². The van der Waals surface area contributed by atoms with E-state index < -0.39 is 0 Å². The summed E-state index contributed by atoms with van der Waals surface area (Å²) < 4.78 is 0. The normalized spacial score (nSPS) is 9.79. The van der Waals surface area contributed by atoms with E-state index >= 15 is 0 Å². The third kappa shape index (κ3) is 2.20. The molecular weight excluding hydrogens is 198 g/mol. The third-order valence-corrected chi connectivity index (χ3v) is 1.88. The third-order valence-electron chi connectivity index (χ3n) is 1.65. The number of anilines is 2. The van der Waals surface area contributed by atoms with Crippen LogP contribution in [0.3, 0.4) is 0 Å². The number of rotatable bonds is 2. The zero-order valence-corrected chi connectivity index (χ0v) is 8.07. The Bertz CT molecular complexity index is 417. The molecule has 0 aliphatic rings. The Balaban J connectivity index is 2.19. The van der Waals surface area contributed by atoms with E-state index in [1.54, 1.807) is 18.5 Å². The van der Waals surface area contributed by atoms with Gasteiger partial charge >= 0.3 is 0 Å². The lowest BCUT2D eigenvalue weighted by Crippen LogP contribution is -1.94. The second-order valence-electron chi connectivity index (χ2n) is 2.71. The quantitative estimate of drug-likeness (QED) is 0.819. The maximum Gasteiger partial charge on any atom is 0.227 e. The maximum atomic E-state index is 5.83. The highest BCUT2D eigenvalue weighted by molar-refractivity contribution is 6.30. The van der Waals surface area contributed by atoms with Gasteiger partial charge in [-0.2, -0.15) is 0 Å². The van der Waals surface area contributed by atoms with Gasteiger partial charge in [0.1, 0.15) is 0 Å². The van der Waals surface area contributed by atoms with Gasteiger partial charge in [0.15, 0.2) is 0 Å². The minimum atomic E-state index is 0.565. The highest BCUT2D eigenvalue weighted by Crippen LogP contribution is 2.17. The number of hydrogen-bond acceptors (Lipinski definition) is 3. The summed E-state index contributed by atoms with van der Waals surface area (Å²) in [7, 11) is 0. The predicted molar refractivity (Wildman–Crippen MR) is 56.8 cm³/mol. The monoisotopic (exact) mass is 205 g/mol. The van der Waals surface area contributed by atoms with Gasteiger partial charge in [-0.3, -0.25) is 0 Å². The first-order chi connectivity index (χ1) is 6.84. The van der Waals surface area contributed by atoms with E-state index in [-0.39, 0.29) is 0 Å². The Morgan fingerprint density at radius 1 is 1.07 bits per heavy atom. The van der Waals surface area contributed by atoms with E-state index in [4.69, 9.17) is 11.6 Å². The summed E-state index contributed by atoms with van der Waals surface area (Å²) in [6.45, 7) is 0. The molecule has 2 rings (SSSR count). The van der Waals surface area contributed by atoms with Gasteiger partial charge in [-0.15, -0.1) is 0 Å². The van der Waals surface area contributed by atoms with Gasteiger partial charge in [0.05, 0.1) is 0 Å². The van der Waals surface area contributed by atoms with Crippen molar-refractivity contribution in [1.29, 1.82) is 0 Å². The first kappa shape index (κ1) is 8.97. The molecule has 0 radical (unpaired) electrons. The van der Waals surface area contributed by atoms with Gasteiger partial charge in [0, 0.05) is 23.1 Å². The number of aromatic nitrogens is 2. The fraction of sp³-hybridized carbons (Fsp3) is 0. The fourth-order valence-corrected chi connectivity index (χ4v) is 1.25. The molecule has 2 aromatic rings. The molecule has 1 aromatic carbocycles. The molecule has 70 valence electrons. The van der Waals surface area contributed by atoms with Gasteiger partial charge in [-0.1, -0.05) is 17.7 Å². The van der Waals surface area contributed by atoms with E-state index in [0.717, 1.165) is 5.69 Å². The zero-order valence-electron chi connectivity index (χ0n) is 7.31. The van der Waals surface area contributed by atoms with Crippen molar-refractivity contribution in [3.05, 3.63) is 47.7 Å². The smallest absolute Gasteiger partial charge is 0.227 e. The van der Waals surface area contributed by atoms with Crippen molar-refractivity contribution >= 4 is 23.2 Å². The second kappa shape index (κ2) is 4.07. The molecule has 4 heteroatoms. The van der Waals surface area contributed by atoms with Crippen molar-refractivity contribution in [2.75, 3.05) is 5.32 Å². The van der Waals surface area contributed by atoms with Crippen LogP contribution in [0.1, 0.15) is 0 Å². The summed E-state index contributed by atoms with van der Waals surface area (Å²) in [5.41, 5.74) is 0.878. The van der Waals surface area contributed by atoms with E-state index in [1.165, 1.54) is 0 Å². The molecule has 0 atom stereocenters. The molecular formula is C10H8ClN3. The molecule has 3 nitrogen and oxygen atoms in total. The molecule has 14 heavy (non-hydrogen) atoms. The molecule has 0 aliphatic carbocycles. The molecule has 1 N–H and O–H groups in total. The van der Waals surface area contributed by atoms with Gasteiger partial charge in [0.2, 0.25) is 5.95 Å². The first-order valence-corrected chi connectivity index (χ1v) is 4.52. The van der Waals surface area contributed by atoms with E-state index in [9.17, 15) is 0 Å². The fourth-order valence-electron chi connectivity index (χ4n) is 1.06. The summed E-state index contributed by atoms with van der Waals surface area (Å²) >= 11 is 5.83. The average Bonchev–Trinajstić information content (AvgIpc) is 2.19. The SMILES string of the molecule is Clc1cccc(Nc2ncccn2)c1. The summed E-state index contributed by atoms with van der Waals surface area (Å²) in [5.74, 6) is 0.565. The Labute approximate surface area is 86.8 Å². The molecule has 0 fully saturated rings. The Morgan fingerprint density at radius 2 is 1.86 bits per heavy atom. The van der Waals surface area contributed by atoms with E-state index in [1.807, 2.05) is 24.3 Å². The molecule has 1 aromatic heterocycles. The topological polar surface area (TPSA) is 37.8 Å². The molecule has 0 unspecified atom stereocenters. The van der Waals surface area contributed by atoms with Crippen LogP contribution in [-0.4, -0.2) is 9.97 Å². The molecule has 1 heterocycles. The molecule has 0 aliphatic heterocycles. The lowest BCUT2D eigenvalue weighted by atomic mass is 10.3. The predicted octanol–water partition coefficient (Wildman–Crippen LogP) is 2.87. The number of benzene rings is 1. The van der Waals surface area contributed by atoms with Crippen molar-refractivity contribution in [3.8, 4) is 0 Å². The highest BCUT2D eigenvalue weighted by Gasteiger charge is 1.95. The van der Waals surface area contributed by atoms with E-state index in [0.29, 0.717) is 11.0 Å². The minimum Gasteiger partial charge on any atom is -0.324 e. The van der Waals surface area contributed by atoms with Crippen LogP contribution in [0.2, 0.25) is 5.02 Å². The molecule has 0 saturated heterocycles. The van der Waals surface area contributed by atoms with Crippen LogP contribution in [0.5, 0.6) is 0 Å². The van der Waals surface area contributed by atoms with Crippen LogP contribution in [0.4, 0.5) is 11.6 Å². The minimum absolute atomic E-state index is 0.565. The highest BCUT2D eigenvalue weighted by atomic mass is 35.5. The van der Waals surface area contributed by atoms with Crippen molar-refractivity contribution in [2.24, 2.45) is 0 Å². The van der Waals surface area contributed by atoms with Crippen LogP contribution in [0.15, 0.2) is 42.7 Å². The van der Waals surface area contributed by atoms with Crippen LogP contribution in [0, 0.1) is 0 Å². The lowest BCUT2D eigenvalue weighted by molar-refractivity contribution is 1.17.